The van der Waals surface area contributed by atoms with Crippen LogP contribution >= 0.6 is 11.6 Å². The van der Waals surface area contributed by atoms with Crippen LogP contribution in [0.4, 0.5) is 0 Å². The van der Waals surface area contributed by atoms with Crippen molar-refractivity contribution in [1.29, 1.82) is 0 Å². The fourth-order valence-electron chi connectivity index (χ4n) is 4.53. The zero-order valence-electron chi connectivity index (χ0n) is 17.0. The third-order valence-electron chi connectivity index (χ3n) is 5.99. The van der Waals surface area contributed by atoms with Crippen molar-refractivity contribution in [3.8, 4) is 5.75 Å². The Morgan fingerprint density at radius 1 is 1.10 bits per heavy atom. The van der Waals surface area contributed by atoms with E-state index >= 15 is 0 Å². The third kappa shape index (κ3) is 3.47. The summed E-state index contributed by atoms with van der Waals surface area (Å²) < 4.78 is 5.40. The summed E-state index contributed by atoms with van der Waals surface area (Å²) in [6.45, 7) is 1.89. The number of halogens is 1. The first-order chi connectivity index (χ1) is 14.4. The molecule has 2 fully saturated rings. The Hall–Kier alpha value is -2.79. The smallest absolute Gasteiger partial charge is 0.295 e. The van der Waals surface area contributed by atoms with Crippen molar-refractivity contribution >= 4 is 29.1 Å². The lowest BCUT2D eigenvalue weighted by atomic mass is 9.94. The molecule has 1 aliphatic carbocycles. The molecule has 1 unspecified atom stereocenters. The maximum atomic E-state index is 13.1. The number of aliphatic hydroxyl groups is 1. The van der Waals surface area contributed by atoms with Gasteiger partial charge in [0.15, 0.2) is 0 Å². The Bertz CT molecular complexity index is 1020. The lowest BCUT2D eigenvalue weighted by molar-refractivity contribution is -0.141. The average molecular weight is 426 g/mol. The van der Waals surface area contributed by atoms with Crippen LogP contribution in [0.2, 0.25) is 5.02 Å². The number of carbonyl (C=O) groups excluding carboxylic acids is 2. The molecule has 1 atom stereocenters. The molecular weight excluding hydrogens is 402 g/mol. The van der Waals surface area contributed by atoms with Crippen LogP contribution in [-0.2, 0) is 9.59 Å². The first-order valence-electron chi connectivity index (χ1n) is 10.1. The molecule has 6 heteroatoms. The number of methoxy groups -OCH3 is 1. The van der Waals surface area contributed by atoms with Crippen molar-refractivity contribution in [3.05, 3.63) is 69.8 Å². The molecule has 0 bridgehead atoms. The number of hydrogen-bond acceptors (Lipinski definition) is 4. The Labute approximate surface area is 180 Å². The molecule has 1 saturated carbocycles. The summed E-state index contributed by atoms with van der Waals surface area (Å²) in [4.78, 5) is 27.9. The van der Waals surface area contributed by atoms with Gasteiger partial charge in [0.2, 0.25) is 0 Å². The minimum absolute atomic E-state index is 0.0215. The summed E-state index contributed by atoms with van der Waals surface area (Å²) in [5, 5.41) is 11.8. The summed E-state index contributed by atoms with van der Waals surface area (Å²) in [5.74, 6) is -0.993. The molecular formula is C24H24ClNO4. The number of aliphatic hydroxyl groups excluding tert-OH is 1. The zero-order valence-corrected chi connectivity index (χ0v) is 17.8. The topological polar surface area (TPSA) is 66.8 Å². The lowest BCUT2D eigenvalue weighted by Gasteiger charge is -2.30. The van der Waals surface area contributed by atoms with E-state index in [2.05, 4.69) is 0 Å². The van der Waals surface area contributed by atoms with Crippen LogP contribution in [0.5, 0.6) is 5.75 Å². The molecule has 2 aliphatic rings. The number of ether oxygens (including phenoxy) is 1. The molecule has 2 aromatic carbocycles. The number of carbonyl (C=O) groups is 2. The van der Waals surface area contributed by atoms with Crippen molar-refractivity contribution in [1.82, 2.24) is 4.90 Å². The number of nitrogens with zero attached hydrogens (tertiary/aromatic N) is 1. The van der Waals surface area contributed by atoms with Gasteiger partial charge in [0.25, 0.3) is 11.7 Å². The predicted molar refractivity (Wildman–Crippen MR) is 116 cm³/mol. The second-order valence-electron chi connectivity index (χ2n) is 7.90. The van der Waals surface area contributed by atoms with Gasteiger partial charge < -0.3 is 14.7 Å². The van der Waals surface area contributed by atoms with Crippen LogP contribution in [-0.4, -0.2) is 34.8 Å². The number of benzene rings is 2. The monoisotopic (exact) mass is 425 g/mol. The minimum atomic E-state index is -0.664. The second-order valence-corrected chi connectivity index (χ2v) is 8.34. The highest BCUT2D eigenvalue weighted by Gasteiger charge is 2.49. The van der Waals surface area contributed by atoms with Crippen LogP contribution in [0.15, 0.2) is 48.0 Å². The van der Waals surface area contributed by atoms with E-state index in [9.17, 15) is 14.7 Å². The van der Waals surface area contributed by atoms with E-state index in [1.165, 1.54) is 7.11 Å². The van der Waals surface area contributed by atoms with Gasteiger partial charge in [-0.05, 0) is 49.6 Å². The molecule has 156 valence electrons. The van der Waals surface area contributed by atoms with E-state index < -0.39 is 17.7 Å². The highest BCUT2D eigenvalue weighted by atomic mass is 35.5. The fraction of sp³-hybridized carbons (Fsp3) is 0.333. The number of ketones is 1. The van der Waals surface area contributed by atoms with Gasteiger partial charge in [-0.15, -0.1) is 0 Å². The number of likely N-dealkylation sites (tertiary alicyclic amines) is 1. The standard InChI is InChI=1S/C24H24ClNO4/c1-14-7-12-19(30-2)18(13-14)22(27)20-21(15-8-10-16(25)11-9-15)26(24(29)23(20)28)17-5-3-4-6-17/h7-13,17,21,27H,3-6H2,1-2H3/b22-20+. The van der Waals surface area contributed by atoms with Gasteiger partial charge in [0.1, 0.15) is 11.5 Å². The van der Waals surface area contributed by atoms with Crippen LogP contribution in [0.1, 0.15) is 48.4 Å². The quantitative estimate of drug-likeness (QED) is 0.424. The fourth-order valence-corrected chi connectivity index (χ4v) is 4.66. The van der Waals surface area contributed by atoms with Gasteiger partial charge in [-0.2, -0.15) is 0 Å². The molecule has 1 aliphatic heterocycles. The Balaban J connectivity index is 1.92. The van der Waals surface area contributed by atoms with Gasteiger partial charge in [0.05, 0.1) is 24.3 Å². The highest BCUT2D eigenvalue weighted by molar-refractivity contribution is 6.46. The molecule has 0 aromatic heterocycles. The van der Waals surface area contributed by atoms with Crippen molar-refractivity contribution in [2.24, 2.45) is 0 Å². The summed E-state index contributed by atoms with van der Waals surface area (Å²) in [6, 6.07) is 11.8. The molecule has 4 rings (SSSR count). The van der Waals surface area contributed by atoms with Crippen molar-refractivity contribution in [2.45, 2.75) is 44.7 Å². The van der Waals surface area contributed by atoms with E-state index in [-0.39, 0.29) is 17.4 Å². The van der Waals surface area contributed by atoms with Crippen LogP contribution in [0.25, 0.3) is 5.76 Å². The van der Waals surface area contributed by atoms with E-state index in [1.807, 2.05) is 25.1 Å². The van der Waals surface area contributed by atoms with Crippen molar-refractivity contribution in [2.75, 3.05) is 7.11 Å². The van der Waals surface area contributed by atoms with Crippen LogP contribution in [0, 0.1) is 6.92 Å². The normalized spacial score (nSPS) is 21.4. The molecule has 5 nitrogen and oxygen atoms in total. The lowest BCUT2D eigenvalue weighted by Crippen LogP contribution is -2.37. The summed E-state index contributed by atoms with van der Waals surface area (Å²) in [5.41, 5.74) is 2.16. The summed E-state index contributed by atoms with van der Waals surface area (Å²) in [6.07, 6.45) is 3.75. The maximum Gasteiger partial charge on any atom is 0.295 e. The largest absolute Gasteiger partial charge is 0.507 e. The number of aryl methyl sites for hydroxylation is 1. The second kappa shape index (κ2) is 8.15. The van der Waals surface area contributed by atoms with E-state index in [0.29, 0.717) is 16.3 Å². The molecule has 0 radical (unpaired) electrons. The van der Waals surface area contributed by atoms with Gasteiger partial charge in [-0.3, -0.25) is 9.59 Å². The number of amides is 1. The van der Waals surface area contributed by atoms with Gasteiger partial charge in [0, 0.05) is 11.1 Å². The van der Waals surface area contributed by atoms with Crippen LogP contribution < -0.4 is 4.74 Å². The van der Waals surface area contributed by atoms with Gasteiger partial charge in [-0.25, -0.2) is 0 Å². The summed E-state index contributed by atoms with van der Waals surface area (Å²) in [7, 11) is 1.51. The first-order valence-corrected chi connectivity index (χ1v) is 10.5. The number of hydrogen-bond donors (Lipinski definition) is 1. The van der Waals surface area contributed by atoms with E-state index in [4.69, 9.17) is 16.3 Å². The minimum Gasteiger partial charge on any atom is -0.507 e. The van der Waals surface area contributed by atoms with E-state index in [1.54, 1.807) is 29.2 Å². The molecule has 1 saturated heterocycles. The molecule has 0 spiro atoms. The van der Waals surface area contributed by atoms with Gasteiger partial charge >= 0.3 is 0 Å². The maximum absolute atomic E-state index is 13.1. The van der Waals surface area contributed by atoms with E-state index in [0.717, 1.165) is 36.8 Å². The van der Waals surface area contributed by atoms with Gasteiger partial charge in [-0.1, -0.05) is 48.2 Å². The molecule has 30 heavy (non-hydrogen) atoms. The highest BCUT2D eigenvalue weighted by Crippen LogP contribution is 2.44. The number of rotatable bonds is 4. The first kappa shape index (κ1) is 20.5. The van der Waals surface area contributed by atoms with Crippen molar-refractivity contribution < 1.29 is 19.4 Å². The zero-order chi connectivity index (χ0) is 21.4. The number of Topliss-reactive ketones (excluding diaryl/α,β-unsaturated/α-hetero) is 1. The average Bonchev–Trinajstić information content (AvgIpc) is 3.35. The summed E-state index contributed by atoms with van der Waals surface area (Å²) >= 11 is 6.07. The molecule has 1 heterocycles. The Morgan fingerprint density at radius 3 is 2.40 bits per heavy atom. The Morgan fingerprint density at radius 2 is 1.77 bits per heavy atom. The third-order valence-corrected chi connectivity index (χ3v) is 6.25. The Kier molecular flexibility index (Phi) is 5.56. The molecule has 2 aromatic rings. The van der Waals surface area contributed by atoms with Crippen LogP contribution in [0.3, 0.4) is 0 Å². The molecule has 1 N–H and O–H groups in total. The molecule has 1 amide bonds. The predicted octanol–water partition coefficient (Wildman–Crippen LogP) is 5.02. The SMILES string of the molecule is COc1ccc(C)cc1/C(O)=C1\C(=O)C(=O)N(C2CCCC2)C1c1ccc(Cl)cc1. The van der Waals surface area contributed by atoms with Crippen molar-refractivity contribution in [3.63, 3.8) is 0 Å².